The molecule has 112 valence electrons. The van der Waals surface area contributed by atoms with Gasteiger partial charge >= 0.3 is 0 Å². The molecule has 3 rings (SSSR count). The first kappa shape index (κ1) is 14.6. The number of likely N-dealkylation sites (N-methyl/N-ethyl adjacent to an activating group) is 1. The van der Waals surface area contributed by atoms with Crippen LogP contribution in [0.2, 0.25) is 5.15 Å². The molecule has 1 atom stereocenters. The molecule has 0 amide bonds. The van der Waals surface area contributed by atoms with Gasteiger partial charge in [-0.25, -0.2) is 4.98 Å². The summed E-state index contributed by atoms with van der Waals surface area (Å²) in [6.07, 6.45) is 3.29. The Morgan fingerprint density at radius 3 is 3.10 bits per heavy atom. The highest BCUT2D eigenvalue weighted by atomic mass is 35.5. The molecule has 1 aromatic heterocycles. The molecule has 1 fully saturated rings. The minimum Gasteiger partial charge on any atom is -0.376 e. The molecule has 3 heterocycles. The predicted molar refractivity (Wildman–Crippen MR) is 81.5 cm³/mol. The van der Waals surface area contributed by atoms with Crippen molar-refractivity contribution in [2.75, 3.05) is 32.1 Å². The summed E-state index contributed by atoms with van der Waals surface area (Å²) in [7, 11) is 2.08. The molecule has 1 aromatic rings. The van der Waals surface area contributed by atoms with Gasteiger partial charge in [-0.05, 0) is 31.9 Å². The first-order chi connectivity index (χ1) is 10.2. The Morgan fingerprint density at radius 2 is 2.38 bits per heavy atom. The molecule has 0 aromatic carbocycles. The highest BCUT2D eigenvalue weighted by Crippen LogP contribution is 2.31. The van der Waals surface area contributed by atoms with Crippen LogP contribution in [0.3, 0.4) is 0 Å². The summed E-state index contributed by atoms with van der Waals surface area (Å²) in [6, 6.07) is 2.20. The monoisotopic (exact) mass is 306 g/mol. The molecule has 2 aliphatic rings. The molecule has 0 bridgehead atoms. The fraction of sp³-hybridized carbons (Fsp3) is 0.600. The van der Waals surface area contributed by atoms with Crippen LogP contribution in [0.5, 0.6) is 0 Å². The van der Waals surface area contributed by atoms with Gasteiger partial charge in [0.05, 0.1) is 11.7 Å². The SMILES string of the molecule is CN1CCc2c(C#N)c(Cl)nc(NC[C@@H]3CCCO3)c2C1. The number of rotatable bonds is 3. The van der Waals surface area contributed by atoms with Gasteiger partial charge in [-0.15, -0.1) is 0 Å². The van der Waals surface area contributed by atoms with Crippen LogP contribution in [0.4, 0.5) is 5.82 Å². The number of nitrogens with one attached hydrogen (secondary N) is 1. The Morgan fingerprint density at radius 1 is 1.52 bits per heavy atom. The van der Waals surface area contributed by atoms with Gasteiger partial charge in [0.2, 0.25) is 0 Å². The zero-order valence-corrected chi connectivity index (χ0v) is 12.9. The van der Waals surface area contributed by atoms with Gasteiger partial charge in [0.15, 0.2) is 0 Å². The van der Waals surface area contributed by atoms with Crippen LogP contribution >= 0.6 is 11.6 Å². The van der Waals surface area contributed by atoms with Crippen LogP contribution in [-0.2, 0) is 17.7 Å². The van der Waals surface area contributed by atoms with E-state index >= 15 is 0 Å². The van der Waals surface area contributed by atoms with Crippen molar-refractivity contribution in [3.63, 3.8) is 0 Å². The van der Waals surface area contributed by atoms with Crippen molar-refractivity contribution in [1.29, 1.82) is 5.26 Å². The number of ether oxygens (including phenoxy) is 1. The third kappa shape index (κ3) is 2.98. The summed E-state index contributed by atoms with van der Waals surface area (Å²) in [6.45, 7) is 3.31. The van der Waals surface area contributed by atoms with Gasteiger partial charge in [0, 0.05) is 31.8 Å². The second kappa shape index (κ2) is 6.18. The van der Waals surface area contributed by atoms with E-state index in [1.54, 1.807) is 0 Å². The Bertz CT molecular complexity index is 578. The van der Waals surface area contributed by atoms with Crippen LogP contribution in [0, 0.1) is 11.3 Å². The minimum absolute atomic E-state index is 0.248. The third-order valence-corrected chi connectivity index (χ3v) is 4.45. The Labute approximate surface area is 129 Å². The zero-order valence-electron chi connectivity index (χ0n) is 12.2. The fourth-order valence-corrected chi connectivity index (χ4v) is 3.25. The highest BCUT2D eigenvalue weighted by Gasteiger charge is 2.24. The molecule has 1 saturated heterocycles. The van der Waals surface area contributed by atoms with Crippen molar-refractivity contribution in [3.05, 3.63) is 21.8 Å². The first-order valence-corrected chi connectivity index (χ1v) is 7.72. The van der Waals surface area contributed by atoms with E-state index in [-0.39, 0.29) is 6.10 Å². The number of hydrogen-bond acceptors (Lipinski definition) is 5. The summed E-state index contributed by atoms with van der Waals surface area (Å²) in [4.78, 5) is 6.63. The molecule has 0 spiro atoms. The van der Waals surface area contributed by atoms with E-state index < -0.39 is 0 Å². The summed E-state index contributed by atoms with van der Waals surface area (Å²) in [5.74, 6) is 0.802. The molecule has 0 saturated carbocycles. The van der Waals surface area contributed by atoms with Crippen molar-refractivity contribution in [1.82, 2.24) is 9.88 Å². The van der Waals surface area contributed by atoms with E-state index in [2.05, 4.69) is 28.3 Å². The molecule has 1 N–H and O–H groups in total. The molecule has 2 aliphatic heterocycles. The van der Waals surface area contributed by atoms with Crippen molar-refractivity contribution in [2.45, 2.75) is 31.9 Å². The molecule has 5 nitrogen and oxygen atoms in total. The second-order valence-electron chi connectivity index (χ2n) is 5.70. The largest absolute Gasteiger partial charge is 0.376 e. The van der Waals surface area contributed by atoms with Crippen molar-refractivity contribution in [2.24, 2.45) is 0 Å². The minimum atomic E-state index is 0.248. The van der Waals surface area contributed by atoms with Gasteiger partial charge in [0.1, 0.15) is 17.0 Å². The van der Waals surface area contributed by atoms with Crippen LogP contribution < -0.4 is 5.32 Å². The summed E-state index contributed by atoms with van der Waals surface area (Å²) in [5.41, 5.74) is 2.68. The third-order valence-electron chi connectivity index (χ3n) is 4.17. The number of aromatic nitrogens is 1. The maximum absolute atomic E-state index is 9.31. The summed E-state index contributed by atoms with van der Waals surface area (Å²) >= 11 is 6.18. The Hall–Kier alpha value is -1.35. The number of pyridine rings is 1. The zero-order chi connectivity index (χ0) is 14.8. The number of halogens is 1. The average molecular weight is 307 g/mol. The number of nitrogens with zero attached hydrogens (tertiary/aromatic N) is 3. The highest BCUT2D eigenvalue weighted by molar-refractivity contribution is 6.30. The Balaban J connectivity index is 1.88. The van der Waals surface area contributed by atoms with Crippen molar-refractivity contribution >= 4 is 17.4 Å². The van der Waals surface area contributed by atoms with Gasteiger partial charge < -0.3 is 15.0 Å². The number of anilines is 1. The van der Waals surface area contributed by atoms with Crippen molar-refractivity contribution < 1.29 is 4.74 Å². The van der Waals surface area contributed by atoms with Crippen LogP contribution in [-0.4, -0.2) is 42.7 Å². The van der Waals surface area contributed by atoms with Crippen LogP contribution in [0.15, 0.2) is 0 Å². The van der Waals surface area contributed by atoms with E-state index in [9.17, 15) is 5.26 Å². The molecule has 21 heavy (non-hydrogen) atoms. The lowest BCUT2D eigenvalue weighted by molar-refractivity contribution is 0.120. The normalized spacial score (nSPS) is 21.9. The predicted octanol–water partition coefficient (Wildman–Crippen LogP) is 2.19. The number of nitriles is 1. The van der Waals surface area contributed by atoms with Crippen LogP contribution in [0.1, 0.15) is 29.5 Å². The molecule has 0 aliphatic carbocycles. The van der Waals surface area contributed by atoms with E-state index in [4.69, 9.17) is 16.3 Å². The van der Waals surface area contributed by atoms with Gasteiger partial charge in [0.25, 0.3) is 0 Å². The molecular weight excluding hydrogens is 288 g/mol. The summed E-state index contributed by atoms with van der Waals surface area (Å²) < 4.78 is 5.63. The molecule has 0 radical (unpaired) electrons. The van der Waals surface area contributed by atoms with Gasteiger partial charge in [-0.1, -0.05) is 11.6 Å². The lowest BCUT2D eigenvalue weighted by Gasteiger charge is -2.28. The maximum atomic E-state index is 9.31. The fourth-order valence-electron chi connectivity index (χ4n) is 3.01. The van der Waals surface area contributed by atoms with Crippen LogP contribution in [0.25, 0.3) is 0 Å². The average Bonchev–Trinajstić information content (AvgIpc) is 2.98. The first-order valence-electron chi connectivity index (χ1n) is 7.34. The van der Waals surface area contributed by atoms with E-state index in [0.717, 1.165) is 62.4 Å². The molecular formula is C15H19ClN4O. The lowest BCUT2D eigenvalue weighted by Crippen LogP contribution is -2.29. The quantitative estimate of drug-likeness (QED) is 0.867. The van der Waals surface area contributed by atoms with E-state index in [1.807, 2.05) is 0 Å². The smallest absolute Gasteiger partial charge is 0.149 e. The lowest BCUT2D eigenvalue weighted by atomic mass is 9.97. The van der Waals surface area contributed by atoms with E-state index in [1.165, 1.54) is 0 Å². The Kier molecular flexibility index (Phi) is 4.29. The van der Waals surface area contributed by atoms with Gasteiger partial charge in [-0.2, -0.15) is 5.26 Å². The standard InChI is InChI=1S/C15H19ClN4O/c1-20-5-4-11-12(7-17)14(16)19-15(13(11)9-20)18-8-10-3-2-6-21-10/h10H,2-6,8-9H2,1H3,(H,18,19)/t10-/m0/s1. The topological polar surface area (TPSA) is 61.2 Å². The number of hydrogen-bond donors (Lipinski definition) is 1. The molecule has 0 unspecified atom stereocenters. The maximum Gasteiger partial charge on any atom is 0.149 e. The van der Waals surface area contributed by atoms with Gasteiger partial charge in [-0.3, -0.25) is 0 Å². The second-order valence-corrected chi connectivity index (χ2v) is 6.06. The van der Waals surface area contributed by atoms with Crippen molar-refractivity contribution in [3.8, 4) is 6.07 Å². The van der Waals surface area contributed by atoms with E-state index in [0.29, 0.717) is 10.7 Å². The number of fused-ring (bicyclic) bond motifs is 1. The molecule has 6 heteroatoms. The summed E-state index contributed by atoms with van der Waals surface area (Å²) in [5, 5.41) is 13.0.